The van der Waals surface area contributed by atoms with Crippen molar-refractivity contribution in [3.05, 3.63) is 70.7 Å². The van der Waals surface area contributed by atoms with E-state index in [1.54, 1.807) is 0 Å². The van der Waals surface area contributed by atoms with Gasteiger partial charge in [0.05, 0.1) is 18.7 Å². The van der Waals surface area contributed by atoms with E-state index in [2.05, 4.69) is 10.2 Å². The molecule has 1 unspecified atom stereocenters. The summed E-state index contributed by atoms with van der Waals surface area (Å²) in [6.45, 7) is 1.86. The van der Waals surface area contributed by atoms with Gasteiger partial charge in [-0.1, -0.05) is 54.1 Å². The van der Waals surface area contributed by atoms with Crippen molar-refractivity contribution in [3.63, 3.8) is 0 Å². The highest BCUT2D eigenvalue weighted by Gasteiger charge is 2.21. The van der Waals surface area contributed by atoms with Crippen molar-refractivity contribution in [2.24, 2.45) is 0 Å². The summed E-state index contributed by atoms with van der Waals surface area (Å²) >= 11 is 5.99. The minimum Gasteiger partial charge on any atom is -0.393 e. The van der Waals surface area contributed by atoms with E-state index in [-0.39, 0.29) is 18.1 Å². The summed E-state index contributed by atoms with van der Waals surface area (Å²) in [7, 11) is 0. The molecule has 1 amide bonds. The van der Waals surface area contributed by atoms with E-state index in [1.165, 1.54) is 0 Å². The van der Waals surface area contributed by atoms with Crippen LogP contribution < -0.4 is 5.32 Å². The molecule has 2 aromatic carbocycles. The molecule has 2 aromatic rings. The first-order chi connectivity index (χ1) is 12.1. The van der Waals surface area contributed by atoms with Gasteiger partial charge in [0, 0.05) is 18.1 Å². The minimum absolute atomic E-state index is 0.0137. The lowest BCUT2D eigenvalue weighted by molar-refractivity contribution is -0.123. The maximum atomic E-state index is 12.6. The van der Waals surface area contributed by atoms with Crippen LogP contribution in [0.25, 0.3) is 0 Å². The molecule has 0 radical (unpaired) electrons. The lowest BCUT2D eigenvalue weighted by atomic mass is 9.98. The van der Waals surface area contributed by atoms with Gasteiger partial charge in [0.2, 0.25) is 5.91 Å². The number of aliphatic hydroxyl groups is 1. The van der Waals surface area contributed by atoms with Crippen molar-refractivity contribution < 1.29 is 9.90 Å². The van der Waals surface area contributed by atoms with E-state index in [9.17, 15) is 9.90 Å². The summed E-state index contributed by atoms with van der Waals surface area (Å²) in [5.41, 5.74) is 2.03. The number of amides is 1. The second-order valence-corrected chi connectivity index (χ2v) is 6.91. The fourth-order valence-electron chi connectivity index (χ4n) is 3.15. The van der Waals surface area contributed by atoms with Crippen molar-refractivity contribution in [3.8, 4) is 0 Å². The number of rotatable bonds is 5. The van der Waals surface area contributed by atoms with E-state index in [0.717, 1.165) is 37.1 Å². The number of nitrogens with zero attached hydrogens (tertiary/aromatic N) is 1. The largest absolute Gasteiger partial charge is 0.393 e. The highest BCUT2D eigenvalue weighted by atomic mass is 35.5. The van der Waals surface area contributed by atoms with Crippen molar-refractivity contribution in [2.75, 3.05) is 19.6 Å². The smallest absolute Gasteiger partial charge is 0.234 e. The zero-order valence-corrected chi connectivity index (χ0v) is 14.8. The van der Waals surface area contributed by atoms with Crippen LogP contribution in [0.4, 0.5) is 0 Å². The molecule has 0 aliphatic carbocycles. The monoisotopic (exact) mass is 358 g/mol. The van der Waals surface area contributed by atoms with Gasteiger partial charge < -0.3 is 10.4 Å². The molecule has 0 bridgehead atoms. The van der Waals surface area contributed by atoms with E-state index >= 15 is 0 Å². The molecule has 0 aromatic heterocycles. The van der Waals surface area contributed by atoms with Gasteiger partial charge in [-0.05, 0) is 36.1 Å². The minimum atomic E-state index is -0.231. The Labute approximate surface area is 153 Å². The van der Waals surface area contributed by atoms with Crippen LogP contribution in [-0.2, 0) is 4.79 Å². The third-order valence-electron chi connectivity index (χ3n) is 4.57. The molecule has 1 heterocycles. The highest BCUT2D eigenvalue weighted by molar-refractivity contribution is 6.30. The van der Waals surface area contributed by atoms with Gasteiger partial charge in [-0.3, -0.25) is 9.69 Å². The number of nitrogens with one attached hydrogen (secondary N) is 1. The number of carbonyl (C=O) groups is 1. The van der Waals surface area contributed by atoms with Gasteiger partial charge in [0.25, 0.3) is 0 Å². The number of likely N-dealkylation sites (tertiary alicyclic amines) is 1. The summed E-state index contributed by atoms with van der Waals surface area (Å²) < 4.78 is 0. The van der Waals surface area contributed by atoms with Crippen molar-refractivity contribution in [2.45, 2.75) is 25.0 Å². The molecule has 4 nitrogen and oxygen atoms in total. The number of halogens is 1. The molecule has 0 saturated carbocycles. The van der Waals surface area contributed by atoms with Crippen molar-refractivity contribution >= 4 is 17.5 Å². The lowest BCUT2D eigenvalue weighted by Gasteiger charge is -2.29. The average molecular weight is 359 g/mol. The van der Waals surface area contributed by atoms with Crippen LogP contribution in [0.5, 0.6) is 0 Å². The maximum absolute atomic E-state index is 12.6. The quantitative estimate of drug-likeness (QED) is 0.863. The molecule has 1 fully saturated rings. The van der Waals surface area contributed by atoms with Crippen molar-refractivity contribution in [1.82, 2.24) is 10.2 Å². The number of hydrogen-bond donors (Lipinski definition) is 2. The summed E-state index contributed by atoms with van der Waals surface area (Å²) in [5.74, 6) is -0.0137. The number of piperidine rings is 1. The third-order valence-corrected chi connectivity index (χ3v) is 4.82. The van der Waals surface area contributed by atoms with Gasteiger partial charge in [-0.15, -0.1) is 0 Å². The topological polar surface area (TPSA) is 52.6 Å². The Morgan fingerprint density at radius 3 is 2.32 bits per heavy atom. The summed E-state index contributed by atoms with van der Waals surface area (Å²) in [5, 5.41) is 13.4. The molecule has 1 aliphatic heterocycles. The zero-order chi connectivity index (χ0) is 17.6. The van der Waals surface area contributed by atoms with E-state index < -0.39 is 0 Å². The standard InChI is InChI=1S/C20H23ClN2O2/c21-17-8-6-16(7-9-17)20(15-4-2-1-3-5-15)22-19(25)14-23-12-10-18(24)11-13-23/h1-9,18,20,24H,10-14H2,(H,22,25). The Morgan fingerprint density at radius 2 is 1.68 bits per heavy atom. The molecule has 1 atom stereocenters. The fourth-order valence-corrected chi connectivity index (χ4v) is 3.27. The van der Waals surface area contributed by atoms with Crippen LogP contribution in [0.1, 0.15) is 30.0 Å². The summed E-state index contributed by atoms with van der Waals surface area (Å²) in [6.07, 6.45) is 1.23. The molecule has 1 aliphatic rings. The average Bonchev–Trinajstić information content (AvgIpc) is 2.63. The predicted molar refractivity (Wildman–Crippen MR) is 99.6 cm³/mol. The number of hydrogen-bond acceptors (Lipinski definition) is 3. The molecule has 1 saturated heterocycles. The summed E-state index contributed by atoms with van der Waals surface area (Å²) in [4.78, 5) is 14.7. The van der Waals surface area contributed by atoms with Crippen LogP contribution in [0.3, 0.4) is 0 Å². The zero-order valence-electron chi connectivity index (χ0n) is 14.1. The SMILES string of the molecule is O=C(CN1CCC(O)CC1)NC(c1ccccc1)c1ccc(Cl)cc1. The number of carbonyl (C=O) groups excluding carboxylic acids is 1. The molecule has 0 spiro atoms. The first-order valence-corrected chi connectivity index (χ1v) is 9.00. The molecule has 5 heteroatoms. The van der Waals surface area contributed by atoms with Crippen LogP contribution in [-0.4, -0.2) is 41.7 Å². The molecule has 132 valence electrons. The third kappa shape index (κ3) is 5.05. The van der Waals surface area contributed by atoms with Gasteiger partial charge in [0.1, 0.15) is 0 Å². The Morgan fingerprint density at radius 1 is 1.08 bits per heavy atom. The Balaban J connectivity index is 1.71. The van der Waals surface area contributed by atoms with Crippen LogP contribution in [0.2, 0.25) is 5.02 Å². The van der Waals surface area contributed by atoms with Crippen LogP contribution in [0, 0.1) is 0 Å². The number of benzene rings is 2. The molecule has 25 heavy (non-hydrogen) atoms. The second kappa shape index (κ2) is 8.48. The normalized spacial score (nSPS) is 17.2. The Bertz CT molecular complexity index is 683. The maximum Gasteiger partial charge on any atom is 0.234 e. The molecule has 2 N–H and O–H groups in total. The Hall–Kier alpha value is -1.88. The first-order valence-electron chi connectivity index (χ1n) is 8.62. The van der Waals surface area contributed by atoms with Gasteiger partial charge >= 0.3 is 0 Å². The fraction of sp³-hybridized carbons (Fsp3) is 0.350. The van der Waals surface area contributed by atoms with E-state index in [1.807, 2.05) is 54.6 Å². The molecular weight excluding hydrogens is 336 g/mol. The van der Waals surface area contributed by atoms with Gasteiger partial charge in [-0.25, -0.2) is 0 Å². The van der Waals surface area contributed by atoms with E-state index in [0.29, 0.717) is 11.6 Å². The van der Waals surface area contributed by atoms with Crippen molar-refractivity contribution in [1.29, 1.82) is 0 Å². The van der Waals surface area contributed by atoms with Crippen LogP contribution >= 0.6 is 11.6 Å². The lowest BCUT2D eigenvalue weighted by Crippen LogP contribution is -2.43. The predicted octanol–water partition coefficient (Wildman–Crippen LogP) is 3.00. The Kier molecular flexibility index (Phi) is 6.08. The second-order valence-electron chi connectivity index (χ2n) is 6.47. The highest BCUT2D eigenvalue weighted by Crippen LogP contribution is 2.23. The molecular formula is C20H23ClN2O2. The molecule has 3 rings (SSSR count). The first kappa shape index (κ1) is 17.9. The summed E-state index contributed by atoms with van der Waals surface area (Å²) in [6, 6.07) is 17.3. The van der Waals surface area contributed by atoms with Gasteiger partial charge in [0.15, 0.2) is 0 Å². The van der Waals surface area contributed by atoms with E-state index in [4.69, 9.17) is 11.6 Å². The number of aliphatic hydroxyl groups excluding tert-OH is 1. The van der Waals surface area contributed by atoms with Crippen LogP contribution in [0.15, 0.2) is 54.6 Å². The van der Waals surface area contributed by atoms with Gasteiger partial charge in [-0.2, -0.15) is 0 Å².